The molecule has 3 N–H and O–H groups in total. The average Bonchev–Trinajstić information content (AvgIpc) is 2.90. The topological polar surface area (TPSA) is 72.4 Å². The molecule has 2 aromatic rings. The number of pyridine rings is 1. The van der Waals surface area contributed by atoms with E-state index in [1.807, 2.05) is 16.7 Å². The monoisotopic (exact) mass is 332 g/mol. The first-order valence-corrected chi connectivity index (χ1v) is 6.68. The Labute approximate surface area is 137 Å². The molecule has 2 heterocycles. The van der Waals surface area contributed by atoms with Gasteiger partial charge < -0.3 is 15.5 Å². The van der Waals surface area contributed by atoms with E-state index in [9.17, 15) is 4.79 Å². The Hall–Kier alpha value is -1.30. The largest absolute Gasteiger partial charge is 0.348 e. The van der Waals surface area contributed by atoms with Gasteiger partial charge in [0.05, 0.1) is 5.56 Å². The first-order valence-electron chi connectivity index (χ1n) is 6.68. The van der Waals surface area contributed by atoms with Crippen LogP contribution < -0.4 is 11.1 Å². The van der Waals surface area contributed by atoms with Crippen molar-refractivity contribution in [2.75, 3.05) is 6.54 Å². The number of hydrogen-bond donors (Lipinski definition) is 2. The van der Waals surface area contributed by atoms with Crippen molar-refractivity contribution in [3.05, 3.63) is 36.3 Å². The van der Waals surface area contributed by atoms with E-state index in [0.29, 0.717) is 12.1 Å². The van der Waals surface area contributed by atoms with Gasteiger partial charge in [-0.15, -0.1) is 24.8 Å². The fourth-order valence-electron chi connectivity index (χ4n) is 2.02. The number of unbranched alkanes of at least 4 members (excludes halogenated alkanes) is 1. The Balaban J connectivity index is 0.00000200. The third kappa shape index (κ3) is 5.19. The van der Waals surface area contributed by atoms with Gasteiger partial charge in [0.15, 0.2) is 0 Å². The highest BCUT2D eigenvalue weighted by Gasteiger charge is 2.12. The summed E-state index contributed by atoms with van der Waals surface area (Å²) in [5, 5.41) is 2.98. The van der Waals surface area contributed by atoms with Crippen molar-refractivity contribution in [2.45, 2.75) is 32.2 Å². The van der Waals surface area contributed by atoms with Gasteiger partial charge in [-0.05, 0) is 18.6 Å². The van der Waals surface area contributed by atoms with Crippen LogP contribution in [0.5, 0.6) is 0 Å². The van der Waals surface area contributed by atoms with Crippen LogP contribution in [-0.2, 0) is 0 Å². The van der Waals surface area contributed by atoms with Crippen LogP contribution in [0.25, 0.3) is 5.65 Å². The van der Waals surface area contributed by atoms with E-state index < -0.39 is 0 Å². The van der Waals surface area contributed by atoms with Crippen molar-refractivity contribution < 1.29 is 4.79 Å². The molecule has 2 aromatic heterocycles. The van der Waals surface area contributed by atoms with Gasteiger partial charge in [-0.25, -0.2) is 4.98 Å². The zero-order valence-electron chi connectivity index (χ0n) is 12.0. The molecule has 7 heteroatoms. The third-order valence-electron chi connectivity index (χ3n) is 3.18. The molecule has 2 rings (SSSR count). The van der Waals surface area contributed by atoms with E-state index in [1.54, 1.807) is 18.5 Å². The molecule has 0 aliphatic rings. The Morgan fingerprint density at radius 3 is 2.86 bits per heavy atom. The number of hydrogen-bond acceptors (Lipinski definition) is 3. The molecule has 1 unspecified atom stereocenters. The molecular weight excluding hydrogens is 311 g/mol. The first kappa shape index (κ1) is 19.7. The summed E-state index contributed by atoms with van der Waals surface area (Å²) in [7, 11) is 0. The number of imidazole rings is 1. The first-order chi connectivity index (χ1) is 9.24. The molecule has 0 saturated heterocycles. The second-order valence-electron chi connectivity index (χ2n) is 4.66. The number of aromatic nitrogens is 2. The number of rotatable bonds is 6. The molecule has 118 valence electrons. The highest BCUT2D eigenvalue weighted by molar-refractivity contribution is 5.94. The minimum atomic E-state index is -0.0813. The zero-order chi connectivity index (χ0) is 13.7. The summed E-state index contributed by atoms with van der Waals surface area (Å²) in [6.45, 7) is 2.60. The lowest BCUT2D eigenvalue weighted by Gasteiger charge is -2.16. The predicted octanol–water partition coefficient (Wildman–Crippen LogP) is 2.43. The Bertz CT molecular complexity index is 559. The lowest BCUT2D eigenvalue weighted by molar-refractivity contribution is 0.0935. The van der Waals surface area contributed by atoms with Crippen molar-refractivity contribution in [2.24, 2.45) is 5.73 Å². The van der Waals surface area contributed by atoms with E-state index in [1.165, 1.54) is 0 Å². The van der Waals surface area contributed by atoms with Crippen LogP contribution in [0.4, 0.5) is 0 Å². The average molecular weight is 333 g/mol. The summed E-state index contributed by atoms with van der Waals surface area (Å²) >= 11 is 0. The summed E-state index contributed by atoms with van der Waals surface area (Å²) < 4.78 is 1.83. The van der Waals surface area contributed by atoms with Crippen LogP contribution in [0.1, 0.15) is 36.5 Å². The van der Waals surface area contributed by atoms with Crippen molar-refractivity contribution in [3.63, 3.8) is 0 Å². The van der Waals surface area contributed by atoms with E-state index >= 15 is 0 Å². The number of halogens is 2. The standard InChI is InChI=1S/C14H20N4O.2ClH/c1-2-3-4-12(9-15)17-14(19)11-5-6-13-16-7-8-18(13)10-11;;/h5-8,10,12H,2-4,9,15H2,1H3,(H,17,19);2*1H. The van der Waals surface area contributed by atoms with Gasteiger partial charge in [-0.2, -0.15) is 0 Å². The molecule has 0 fully saturated rings. The van der Waals surface area contributed by atoms with Crippen LogP contribution in [-0.4, -0.2) is 27.9 Å². The van der Waals surface area contributed by atoms with Gasteiger partial charge in [0, 0.05) is 31.2 Å². The molecule has 0 saturated carbocycles. The highest BCUT2D eigenvalue weighted by Crippen LogP contribution is 2.06. The smallest absolute Gasteiger partial charge is 0.253 e. The third-order valence-corrected chi connectivity index (χ3v) is 3.18. The predicted molar refractivity (Wildman–Crippen MR) is 89.5 cm³/mol. The second kappa shape index (κ2) is 9.60. The maximum Gasteiger partial charge on any atom is 0.253 e. The van der Waals surface area contributed by atoms with Gasteiger partial charge in [-0.3, -0.25) is 4.79 Å². The molecule has 1 atom stereocenters. The SMILES string of the molecule is CCCCC(CN)NC(=O)c1ccc2nccn2c1.Cl.Cl. The minimum Gasteiger partial charge on any atom is -0.348 e. The number of amides is 1. The van der Waals surface area contributed by atoms with Crippen molar-refractivity contribution in [1.82, 2.24) is 14.7 Å². The number of nitrogens with one attached hydrogen (secondary N) is 1. The molecule has 0 aliphatic heterocycles. The zero-order valence-corrected chi connectivity index (χ0v) is 13.6. The fourth-order valence-corrected chi connectivity index (χ4v) is 2.02. The Morgan fingerprint density at radius 1 is 1.43 bits per heavy atom. The molecular formula is C14H22Cl2N4O. The van der Waals surface area contributed by atoms with Gasteiger partial charge >= 0.3 is 0 Å². The molecule has 0 bridgehead atoms. The van der Waals surface area contributed by atoms with E-state index in [2.05, 4.69) is 17.2 Å². The fraction of sp³-hybridized carbons (Fsp3) is 0.429. The second-order valence-corrected chi connectivity index (χ2v) is 4.66. The molecule has 5 nitrogen and oxygen atoms in total. The number of carbonyl (C=O) groups is 1. The number of nitrogens with zero attached hydrogens (tertiary/aromatic N) is 2. The summed E-state index contributed by atoms with van der Waals surface area (Å²) in [6.07, 6.45) is 8.41. The maximum absolute atomic E-state index is 12.1. The summed E-state index contributed by atoms with van der Waals surface area (Å²) in [5.74, 6) is -0.0813. The molecule has 1 amide bonds. The van der Waals surface area contributed by atoms with Crippen molar-refractivity contribution >= 4 is 36.4 Å². The van der Waals surface area contributed by atoms with Crippen LogP contribution in [0.2, 0.25) is 0 Å². The van der Waals surface area contributed by atoms with Crippen LogP contribution in [0.15, 0.2) is 30.7 Å². The number of fused-ring (bicyclic) bond motifs is 1. The molecule has 0 aromatic carbocycles. The van der Waals surface area contributed by atoms with Crippen LogP contribution in [0.3, 0.4) is 0 Å². The lowest BCUT2D eigenvalue weighted by atomic mass is 10.1. The van der Waals surface area contributed by atoms with Gasteiger partial charge in [0.1, 0.15) is 5.65 Å². The quantitative estimate of drug-likeness (QED) is 0.853. The Kier molecular flexibility index (Phi) is 9.01. The summed E-state index contributed by atoms with van der Waals surface area (Å²) in [5.41, 5.74) is 7.14. The minimum absolute atomic E-state index is 0. The van der Waals surface area contributed by atoms with E-state index in [4.69, 9.17) is 5.73 Å². The summed E-state index contributed by atoms with van der Waals surface area (Å²) in [6, 6.07) is 3.66. The van der Waals surface area contributed by atoms with Crippen molar-refractivity contribution in [3.8, 4) is 0 Å². The molecule has 0 radical (unpaired) electrons. The Morgan fingerprint density at radius 2 is 2.19 bits per heavy atom. The lowest BCUT2D eigenvalue weighted by Crippen LogP contribution is -2.40. The summed E-state index contributed by atoms with van der Waals surface area (Å²) in [4.78, 5) is 16.3. The molecule has 0 spiro atoms. The molecule has 0 aliphatic carbocycles. The van der Waals surface area contributed by atoms with Crippen LogP contribution in [0, 0.1) is 0 Å². The molecule has 21 heavy (non-hydrogen) atoms. The van der Waals surface area contributed by atoms with E-state index in [-0.39, 0.29) is 36.8 Å². The van der Waals surface area contributed by atoms with Gasteiger partial charge in [0.25, 0.3) is 5.91 Å². The van der Waals surface area contributed by atoms with Crippen LogP contribution >= 0.6 is 24.8 Å². The number of nitrogens with two attached hydrogens (primary N) is 1. The van der Waals surface area contributed by atoms with Crippen molar-refractivity contribution in [1.29, 1.82) is 0 Å². The van der Waals surface area contributed by atoms with E-state index in [0.717, 1.165) is 24.9 Å². The van der Waals surface area contributed by atoms with Gasteiger partial charge in [0.2, 0.25) is 0 Å². The number of carbonyl (C=O) groups excluding carboxylic acids is 1. The highest BCUT2D eigenvalue weighted by atomic mass is 35.5. The van der Waals surface area contributed by atoms with Gasteiger partial charge in [-0.1, -0.05) is 19.8 Å². The maximum atomic E-state index is 12.1. The normalized spacial score (nSPS) is 11.3.